The molecule has 9 nitrogen and oxygen atoms in total. The van der Waals surface area contributed by atoms with Crippen LogP contribution in [0.15, 0.2) is 48.7 Å². The van der Waals surface area contributed by atoms with Gasteiger partial charge in [0.25, 0.3) is 0 Å². The van der Waals surface area contributed by atoms with Gasteiger partial charge in [-0.15, -0.1) is 5.10 Å². The van der Waals surface area contributed by atoms with Crippen molar-refractivity contribution in [1.82, 2.24) is 29.7 Å². The van der Waals surface area contributed by atoms with E-state index in [4.69, 9.17) is 4.98 Å². The number of anilines is 3. The van der Waals surface area contributed by atoms with Crippen LogP contribution in [0.2, 0.25) is 0 Å². The Morgan fingerprint density at radius 2 is 2.00 bits per heavy atom. The standard InChI is InChI=1S/C22H23FN8O/c1-15-12-19(27-26-15)24-21-18-6-3-7-31(18)28-22(25-21)30-10-8-29(9-11-30)20(32)14-16-4-2-5-17(23)13-16/h2-7,12-13H,8-11,14H2,1H3,(H2,24,25,26,27,28). The number of carbonyl (C=O) groups is 1. The Morgan fingerprint density at radius 3 is 2.75 bits per heavy atom. The van der Waals surface area contributed by atoms with E-state index in [0.29, 0.717) is 49.3 Å². The molecule has 0 spiro atoms. The summed E-state index contributed by atoms with van der Waals surface area (Å²) in [6.45, 7) is 4.28. The number of hydrogen-bond donors (Lipinski definition) is 2. The van der Waals surface area contributed by atoms with Crippen molar-refractivity contribution in [2.45, 2.75) is 13.3 Å². The summed E-state index contributed by atoms with van der Waals surface area (Å²) in [6.07, 6.45) is 2.07. The number of hydrogen-bond acceptors (Lipinski definition) is 6. The number of nitrogens with one attached hydrogen (secondary N) is 2. The van der Waals surface area contributed by atoms with Gasteiger partial charge < -0.3 is 15.1 Å². The maximum absolute atomic E-state index is 13.4. The predicted molar refractivity (Wildman–Crippen MR) is 118 cm³/mol. The molecule has 0 atom stereocenters. The monoisotopic (exact) mass is 434 g/mol. The van der Waals surface area contributed by atoms with Crippen LogP contribution in [-0.2, 0) is 11.2 Å². The molecule has 3 aromatic heterocycles. The van der Waals surface area contributed by atoms with Crippen molar-refractivity contribution < 1.29 is 9.18 Å². The summed E-state index contributed by atoms with van der Waals surface area (Å²) in [6, 6.07) is 11.9. The number of benzene rings is 1. The highest BCUT2D eigenvalue weighted by Gasteiger charge is 2.24. The van der Waals surface area contributed by atoms with Gasteiger partial charge in [-0.1, -0.05) is 12.1 Å². The van der Waals surface area contributed by atoms with Crippen molar-refractivity contribution in [1.29, 1.82) is 0 Å². The molecule has 4 aromatic rings. The van der Waals surface area contributed by atoms with Gasteiger partial charge in [0.05, 0.1) is 6.42 Å². The maximum Gasteiger partial charge on any atom is 0.245 e. The lowest BCUT2D eigenvalue weighted by molar-refractivity contribution is -0.130. The zero-order valence-electron chi connectivity index (χ0n) is 17.6. The van der Waals surface area contributed by atoms with E-state index >= 15 is 0 Å². The molecule has 4 heterocycles. The SMILES string of the molecule is Cc1cc(Nc2nc(N3CCN(C(=O)Cc4cccc(F)c4)CC3)nn3cccc23)n[nH]1. The molecular formula is C22H23FN8O. The van der Waals surface area contributed by atoms with Gasteiger partial charge in [0, 0.05) is 44.1 Å². The number of fused-ring (bicyclic) bond motifs is 1. The second-order valence-corrected chi connectivity index (χ2v) is 7.83. The predicted octanol–water partition coefficient (Wildman–Crippen LogP) is 2.53. The smallest absolute Gasteiger partial charge is 0.245 e. The van der Waals surface area contributed by atoms with E-state index in [1.807, 2.05) is 31.3 Å². The number of carbonyl (C=O) groups excluding carboxylic acids is 1. The molecule has 0 saturated carbocycles. The van der Waals surface area contributed by atoms with E-state index in [1.165, 1.54) is 12.1 Å². The Balaban J connectivity index is 1.29. The van der Waals surface area contributed by atoms with Gasteiger partial charge in [0.1, 0.15) is 11.3 Å². The van der Waals surface area contributed by atoms with Crippen molar-refractivity contribution in [3.63, 3.8) is 0 Å². The van der Waals surface area contributed by atoms with Crippen molar-refractivity contribution in [2.24, 2.45) is 0 Å². The molecule has 2 N–H and O–H groups in total. The number of piperazine rings is 1. The van der Waals surface area contributed by atoms with Crippen LogP contribution >= 0.6 is 0 Å². The van der Waals surface area contributed by atoms with Crippen molar-refractivity contribution >= 4 is 29.0 Å². The van der Waals surface area contributed by atoms with Crippen LogP contribution < -0.4 is 10.2 Å². The number of H-pyrrole nitrogens is 1. The van der Waals surface area contributed by atoms with Crippen LogP contribution in [0.1, 0.15) is 11.3 Å². The van der Waals surface area contributed by atoms with E-state index in [2.05, 4.69) is 25.5 Å². The van der Waals surface area contributed by atoms with Crippen LogP contribution in [0.25, 0.3) is 5.52 Å². The van der Waals surface area contributed by atoms with Gasteiger partial charge in [0.15, 0.2) is 11.6 Å². The van der Waals surface area contributed by atoms with Crippen molar-refractivity contribution in [2.75, 3.05) is 36.4 Å². The van der Waals surface area contributed by atoms with Gasteiger partial charge >= 0.3 is 0 Å². The van der Waals surface area contributed by atoms with E-state index in [9.17, 15) is 9.18 Å². The topological polar surface area (TPSA) is 94.5 Å². The van der Waals surface area contributed by atoms with E-state index in [0.717, 1.165) is 11.2 Å². The van der Waals surface area contributed by atoms with E-state index < -0.39 is 0 Å². The summed E-state index contributed by atoms with van der Waals surface area (Å²) in [5.74, 6) is 1.60. The molecule has 164 valence electrons. The molecule has 1 saturated heterocycles. The highest BCUT2D eigenvalue weighted by molar-refractivity contribution is 5.79. The van der Waals surface area contributed by atoms with E-state index in [1.54, 1.807) is 21.5 Å². The van der Waals surface area contributed by atoms with Crippen molar-refractivity contribution in [3.8, 4) is 0 Å². The lowest BCUT2D eigenvalue weighted by Gasteiger charge is -2.34. The normalized spacial score (nSPS) is 14.2. The minimum absolute atomic E-state index is 0.00622. The summed E-state index contributed by atoms with van der Waals surface area (Å²) in [5.41, 5.74) is 2.48. The lowest BCUT2D eigenvalue weighted by atomic mass is 10.1. The van der Waals surface area contributed by atoms with Gasteiger partial charge in [0.2, 0.25) is 11.9 Å². The number of aromatic amines is 1. The Bertz CT molecular complexity index is 1260. The minimum Gasteiger partial charge on any atom is -0.339 e. The van der Waals surface area contributed by atoms with Gasteiger partial charge in [-0.3, -0.25) is 9.89 Å². The maximum atomic E-state index is 13.4. The van der Waals surface area contributed by atoms with Crippen LogP contribution in [0.4, 0.5) is 22.0 Å². The summed E-state index contributed by atoms with van der Waals surface area (Å²) >= 11 is 0. The molecule has 0 unspecified atom stereocenters. The van der Waals surface area contributed by atoms with Crippen LogP contribution in [0.5, 0.6) is 0 Å². The molecule has 1 aromatic carbocycles. The molecule has 0 radical (unpaired) electrons. The van der Waals surface area contributed by atoms with E-state index in [-0.39, 0.29) is 18.1 Å². The number of rotatable bonds is 5. The third-order valence-electron chi connectivity index (χ3n) is 5.49. The second kappa shape index (κ2) is 8.29. The largest absolute Gasteiger partial charge is 0.339 e. The first-order valence-corrected chi connectivity index (χ1v) is 10.5. The average Bonchev–Trinajstić information content (AvgIpc) is 3.42. The zero-order valence-corrected chi connectivity index (χ0v) is 17.6. The molecule has 1 aliphatic rings. The number of nitrogens with zero attached hydrogens (tertiary/aromatic N) is 6. The molecule has 1 aliphatic heterocycles. The summed E-state index contributed by atoms with van der Waals surface area (Å²) < 4.78 is 15.2. The highest BCUT2D eigenvalue weighted by atomic mass is 19.1. The number of aromatic nitrogens is 5. The Morgan fingerprint density at radius 1 is 1.16 bits per heavy atom. The highest BCUT2D eigenvalue weighted by Crippen LogP contribution is 2.22. The molecule has 5 rings (SSSR count). The first-order chi connectivity index (χ1) is 15.5. The number of amides is 1. The van der Waals surface area contributed by atoms with Gasteiger partial charge in [-0.2, -0.15) is 10.1 Å². The molecule has 0 aliphatic carbocycles. The lowest BCUT2D eigenvalue weighted by Crippen LogP contribution is -2.49. The molecule has 0 bridgehead atoms. The second-order valence-electron chi connectivity index (χ2n) is 7.83. The minimum atomic E-state index is -0.327. The van der Waals surface area contributed by atoms with Crippen LogP contribution in [0.3, 0.4) is 0 Å². The average molecular weight is 434 g/mol. The summed E-state index contributed by atoms with van der Waals surface area (Å²) in [7, 11) is 0. The molecular weight excluding hydrogens is 411 g/mol. The van der Waals surface area contributed by atoms with Gasteiger partial charge in [-0.05, 0) is 36.8 Å². The fraction of sp³-hybridized carbons (Fsp3) is 0.273. The molecule has 1 fully saturated rings. The zero-order chi connectivity index (χ0) is 22.1. The first-order valence-electron chi connectivity index (χ1n) is 10.5. The quantitative estimate of drug-likeness (QED) is 0.501. The summed E-state index contributed by atoms with van der Waals surface area (Å²) in [5, 5.41) is 15.0. The number of aryl methyl sites for hydroxylation is 1. The Hall–Kier alpha value is -3.95. The van der Waals surface area contributed by atoms with Crippen molar-refractivity contribution in [3.05, 3.63) is 65.7 Å². The molecule has 32 heavy (non-hydrogen) atoms. The van der Waals surface area contributed by atoms with Crippen LogP contribution in [0, 0.1) is 12.7 Å². The number of halogens is 1. The third kappa shape index (κ3) is 4.11. The summed E-state index contributed by atoms with van der Waals surface area (Å²) in [4.78, 5) is 21.3. The van der Waals surface area contributed by atoms with Gasteiger partial charge in [-0.25, -0.2) is 8.91 Å². The third-order valence-corrected chi connectivity index (χ3v) is 5.49. The first kappa shape index (κ1) is 20.0. The fourth-order valence-electron chi connectivity index (χ4n) is 3.84. The Labute approximate surface area is 183 Å². The Kier molecular flexibility index (Phi) is 5.18. The molecule has 1 amide bonds. The molecule has 10 heteroatoms. The van der Waals surface area contributed by atoms with Crippen LogP contribution in [-0.4, -0.2) is 61.8 Å². The fourth-order valence-corrected chi connectivity index (χ4v) is 3.84.